The van der Waals surface area contributed by atoms with E-state index in [-0.39, 0.29) is 44.8 Å². The first-order valence-corrected chi connectivity index (χ1v) is 14.0. The van der Waals surface area contributed by atoms with Crippen molar-refractivity contribution in [3.63, 3.8) is 0 Å². The van der Waals surface area contributed by atoms with Gasteiger partial charge in [0.25, 0.3) is 0 Å². The zero-order valence-electron chi connectivity index (χ0n) is 27.4. The number of halogens is 2. The van der Waals surface area contributed by atoms with Crippen LogP contribution < -0.4 is 43.1 Å². The highest BCUT2D eigenvalue weighted by Gasteiger charge is 2.24. The van der Waals surface area contributed by atoms with E-state index in [0.29, 0.717) is 37.7 Å². The van der Waals surface area contributed by atoms with Crippen LogP contribution in [-0.4, -0.2) is 56.0 Å². The quantitative estimate of drug-likeness (QED) is 0.110. The molecule has 2 aromatic carbocycles. The lowest BCUT2D eigenvalue weighted by atomic mass is 9.84. The summed E-state index contributed by atoms with van der Waals surface area (Å²) in [6, 6.07) is 8.53. The Morgan fingerprint density at radius 3 is 1.16 bits per heavy atom. The molecule has 1 aliphatic heterocycles. The lowest BCUT2D eigenvalue weighted by molar-refractivity contribution is -0.688. The fourth-order valence-corrected chi connectivity index (χ4v) is 4.91. The second-order valence-electron chi connectivity index (χ2n) is 12.3. The number of hydrogen-bond acceptors (Lipinski definition) is 5. The molecule has 0 radical (unpaired) electrons. The average molecular weight is 743 g/mol. The second kappa shape index (κ2) is 17.7. The molecule has 0 unspecified atom stereocenters. The van der Waals surface area contributed by atoms with E-state index in [9.17, 15) is 10.2 Å². The summed E-state index contributed by atoms with van der Waals surface area (Å²) in [7, 11) is 3.00. The zero-order valence-corrected chi connectivity index (χ0v) is 30.6. The summed E-state index contributed by atoms with van der Waals surface area (Å²) in [5.74, 6) is 0.710. The average Bonchev–Trinajstić information content (AvgIpc) is 3.59. The predicted molar refractivity (Wildman–Crippen MR) is 164 cm³/mol. The van der Waals surface area contributed by atoms with Gasteiger partial charge in [-0.3, -0.25) is 0 Å². The van der Waals surface area contributed by atoms with Crippen molar-refractivity contribution < 1.29 is 68.6 Å². The topological polar surface area (TPSA) is 119 Å². The summed E-state index contributed by atoms with van der Waals surface area (Å²) in [5, 5.41) is 43.5. The van der Waals surface area contributed by atoms with Gasteiger partial charge in [-0.25, -0.2) is 18.3 Å². The Kier molecular flexibility index (Phi) is 16.6. The number of benzene rings is 2. The van der Waals surface area contributed by atoms with Crippen LogP contribution in [0.3, 0.4) is 0 Å². The molecule has 1 aliphatic rings. The highest BCUT2D eigenvalue weighted by molar-refractivity contribution is 5.47. The molecular formula is C33H50Br2N4O5. The fourth-order valence-electron chi connectivity index (χ4n) is 4.91. The molecule has 44 heavy (non-hydrogen) atoms. The number of rotatable bonds is 0. The number of imidazole rings is 2. The van der Waals surface area contributed by atoms with Gasteiger partial charge in [-0.2, -0.15) is 0 Å². The first kappa shape index (κ1) is 41.3. The number of phenols is 2. The normalized spacial score (nSPS) is 12.0. The number of phenolic OH excluding ortho intramolecular Hbond substituents is 2. The molecule has 4 aromatic rings. The van der Waals surface area contributed by atoms with Gasteiger partial charge >= 0.3 is 0 Å². The first-order chi connectivity index (χ1) is 19.9. The predicted octanol–water partition coefficient (Wildman–Crippen LogP) is -2.79. The highest BCUT2D eigenvalue weighted by Crippen LogP contribution is 2.33. The third-order valence-electron chi connectivity index (χ3n) is 7.17. The Labute approximate surface area is 283 Å². The Morgan fingerprint density at radius 1 is 0.545 bits per heavy atom. The minimum atomic E-state index is -0.0315. The molecule has 0 saturated heterocycles. The SMILES string of the molecule is CC(C)(C)c1cc2c(O)c(c1)Cn1cc[n+](c1)Cc1cc(C(C)(C)C)cc(c1O)C[n+]1ccn(c1)C2.CO.CO.CO.[Br-].[Br-]. The number of aromatic hydroxyl groups is 2. The van der Waals surface area contributed by atoms with Gasteiger partial charge in [-0.05, 0) is 46.2 Å². The Bertz CT molecular complexity index is 1260. The minimum Gasteiger partial charge on any atom is -1.00 e. The van der Waals surface area contributed by atoms with E-state index >= 15 is 0 Å². The van der Waals surface area contributed by atoms with E-state index < -0.39 is 0 Å². The molecule has 3 heterocycles. The number of aliphatic hydroxyl groups is 3. The van der Waals surface area contributed by atoms with E-state index in [0.717, 1.165) is 43.6 Å². The molecule has 5 N–H and O–H groups in total. The van der Waals surface area contributed by atoms with Crippen molar-refractivity contribution in [1.82, 2.24) is 9.13 Å². The largest absolute Gasteiger partial charge is 1.00 e. The van der Waals surface area contributed by atoms with Crippen LogP contribution in [0, 0.1) is 0 Å². The number of aliphatic hydroxyl groups excluding tert-OH is 3. The van der Waals surface area contributed by atoms with Crippen molar-refractivity contribution in [2.24, 2.45) is 0 Å². The minimum absolute atomic E-state index is 0. The molecule has 0 amide bonds. The molecule has 5 rings (SSSR count). The van der Waals surface area contributed by atoms with Gasteiger partial charge in [0.2, 0.25) is 12.7 Å². The van der Waals surface area contributed by atoms with Crippen LogP contribution in [0.1, 0.15) is 74.9 Å². The Morgan fingerprint density at radius 2 is 0.841 bits per heavy atom. The molecule has 9 nitrogen and oxygen atoms in total. The van der Waals surface area contributed by atoms with Crippen LogP contribution in [0.5, 0.6) is 11.5 Å². The standard InChI is InChI=1S/C30H36N4O2.3CH4O.2BrH/c1-29(2,3)25-11-21-15-31-7-9-33(19-31)17-23-13-26(30(4,5)6)14-24(28(23)36)18-34-10-8-32(20-34)16-22(12-25)27(21)35;3*1-2;;/h7-14,19-20H,15-18H2,1-6H3;3*2H,1H3;2*1H. The highest BCUT2D eigenvalue weighted by atomic mass is 79.9. The van der Waals surface area contributed by atoms with E-state index in [1.807, 2.05) is 37.4 Å². The molecule has 8 bridgehead atoms. The molecule has 11 heteroatoms. The van der Waals surface area contributed by atoms with Crippen molar-refractivity contribution in [3.8, 4) is 11.5 Å². The molecule has 0 atom stereocenters. The zero-order chi connectivity index (χ0) is 31.8. The van der Waals surface area contributed by atoms with E-state index in [1.165, 1.54) is 11.1 Å². The van der Waals surface area contributed by atoms with Crippen molar-refractivity contribution >= 4 is 0 Å². The van der Waals surface area contributed by atoms with Gasteiger partial charge in [0.05, 0.1) is 0 Å². The van der Waals surface area contributed by atoms with Gasteiger partial charge in [0.15, 0.2) is 0 Å². The summed E-state index contributed by atoms with van der Waals surface area (Å²) in [5.41, 5.74) is 5.99. The molecular weight excluding hydrogens is 692 g/mol. The summed E-state index contributed by atoms with van der Waals surface area (Å²) in [4.78, 5) is 0. The van der Waals surface area contributed by atoms with Crippen LogP contribution in [-0.2, 0) is 37.0 Å². The van der Waals surface area contributed by atoms with E-state index in [1.54, 1.807) is 0 Å². The Balaban J connectivity index is 0.00000218. The lowest BCUT2D eigenvalue weighted by Gasteiger charge is -2.22. The maximum absolute atomic E-state index is 11.3. The fraction of sp³-hybridized carbons (Fsp3) is 0.455. The van der Waals surface area contributed by atoms with Gasteiger partial charge in [-0.15, -0.1) is 0 Å². The summed E-state index contributed by atoms with van der Waals surface area (Å²) in [6.45, 7) is 15.5. The number of nitrogens with zero attached hydrogens (tertiary/aromatic N) is 4. The first-order valence-electron chi connectivity index (χ1n) is 14.0. The summed E-state index contributed by atoms with van der Waals surface area (Å²) < 4.78 is 8.36. The van der Waals surface area contributed by atoms with Crippen LogP contribution in [0.15, 0.2) is 61.7 Å². The van der Waals surface area contributed by atoms with Crippen LogP contribution in [0.2, 0.25) is 0 Å². The monoisotopic (exact) mass is 740 g/mol. The molecule has 0 saturated carbocycles. The third kappa shape index (κ3) is 10.2. The summed E-state index contributed by atoms with van der Waals surface area (Å²) in [6.07, 6.45) is 12.2. The van der Waals surface area contributed by atoms with Gasteiger partial charge < -0.3 is 59.5 Å². The molecule has 0 aliphatic carbocycles. The van der Waals surface area contributed by atoms with E-state index in [2.05, 4.69) is 84.1 Å². The van der Waals surface area contributed by atoms with Gasteiger partial charge in [0.1, 0.15) is 62.5 Å². The maximum atomic E-state index is 11.3. The summed E-state index contributed by atoms with van der Waals surface area (Å²) >= 11 is 0. The molecule has 2 aromatic heterocycles. The molecule has 0 spiro atoms. The molecule has 0 fully saturated rings. The number of fused-ring (bicyclic) bond motifs is 8. The lowest BCUT2D eigenvalue weighted by Crippen LogP contribution is -3.00. The van der Waals surface area contributed by atoms with E-state index in [4.69, 9.17) is 15.3 Å². The van der Waals surface area contributed by atoms with Crippen molar-refractivity contribution in [2.45, 2.75) is 78.6 Å². The molecule has 246 valence electrons. The Hall–Kier alpha value is -2.70. The maximum Gasteiger partial charge on any atom is 0.244 e. The van der Waals surface area contributed by atoms with Crippen LogP contribution >= 0.6 is 0 Å². The number of hydrogen-bond donors (Lipinski definition) is 5. The van der Waals surface area contributed by atoms with Crippen LogP contribution in [0.4, 0.5) is 0 Å². The van der Waals surface area contributed by atoms with Crippen LogP contribution in [0.25, 0.3) is 0 Å². The van der Waals surface area contributed by atoms with Crippen molar-refractivity contribution in [3.05, 3.63) is 95.1 Å². The number of aromatic nitrogens is 4. The second-order valence-corrected chi connectivity index (χ2v) is 12.3. The van der Waals surface area contributed by atoms with Crippen molar-refractivity contribution in [1.29, 1.82) is 0 Å². The van der Waals surface area contributed by atoms with Crippen molar-refractivity contribution in [2.75, 3.05) is 21.3 Å². The smallest absolute Gasteiger partial charge is 0.244 e. The van der Waals surface area contributed by atoms with Gasteiger partial charge in [-0.1, -0.05) is 41.5 Å². The third-order valence-corrected chi connectivity index (χ3v) is 7.17. The van der Waals surface area contributed by atoms with Gasteiger partial charge in [0, 0.05) is 43.6 Å².